The normalized spacial score (nSPS) is 14.5. The van der Waals surface area contributed by atoms with Crippen molar-refractivity contribution >= 4 is 34.4 Å². The number of hydrogen-bond acceptors (Lipinski definition) is 8. The van der Waals surface area contributed by atoms with Gasteiger partial charge >= 0.3 is 5.97 Å². The smallest absolute Gasteiger partial charge is 0.337 e. The van der Waals surface area contributed by atoms with Crippen molar-refractivity contribution in [1.82, 2.24) is 10.2 Å². The summed E-state index contributed by atoms with van der Waals surface area (Å²) in [5.74, 6) is 0.307. The quantitative estimate of drug-likeness (QED) is 0.305. The Bertz CT molecular complexity index is 1210. The predicted octanol–water partition coefficient (Wildman–Crippen LogP) is 5.18. The van der Waals surface area contributed by atoms with Gasteiger partial charge in [0.05, 0.1) is 12.7 Å². The summed E-state index contributed by atoms with van der Waals surface area (Å²) >= 11 is 1.36. The van der Waals surface area contributed by atoms with Crippen molar-refractivity contribution in [3.05, 3.63) is 58.3 Å². The molecule has 2 heterocycles. The number of rotatable bonds is 6. The van der Waals surface area contributed by atoms with Crippen molar-refractivity contribution < 1.29 is 18.7 Å². The Labute approximate surface area is 194 Å². The molecule has 0 saturated heterocycles. The van der Waals surface area contributed by atoms with Gasteiger partial charge in [0.15, 0.2) is 0 Å². The number of nitrogens with zero attached hydrogens (tertiary/aromatic N) is 3. The second-order valence-electron chi connectivity index (χ2n) is 7.68. The van der Waals surface area contributed by atoms with Crippen LogP contribution in [-0.4, -0.2) is 29.2 Å². The highest BCUT2D eigenvalue weighted by atomic mass is 32.1. The number of aromatic nitrogens is 2. The van der Waals surface area contributed by atoms with Crippen molar-refractivity contribution in [3.63, 3.8) is 0 Å². The van der Waals surface area contributed by atoms with Gasteiger partial charge in [0.25, 0.3) is 5.91 Å². The molecule has 1 N–H and O–H groups in total. The maximum atomic E-state index is 12.6. The summed E-state index contributed by atoms with van der Waals surface area (Å²) in [7, 11) is 1.32. The fraction of sp³-hybridized carbons (Fsp3) is 0.292. The van der Waals surface area contributed by atoms with Crippen LogP contribution in [0.4, 0.5) is 5.13 Å². The Morgan fingerprint density at radius 2 is 1.91 bits per heavy atom. The second-order valence-corrected chi connectivity index (χ2v) is 8.68. The van der Waals surface area contributed by atoms with Gasteiger partial charge in [-0.2, -0.15) is 5.26 Å². The third kappa shape index (κ3) is 5.35. The number of ether oxygens (including phenoxy) is 1. The highest BCUT2D eigenvalue weighted by Crippen LogP contribution is 2.35. The van der Waals surface area contributed by atoms with Gasteiger partial charge in [0.1, 0.15) is 28.2 Å². The van der Waals surface area contributed by atoms with Crippen LogP contribution >= 0.6 is 11.3 Å². The standard InChI is InChI=1S/C24H22N4O4S/c1-31-23(30)17-9-7-15(8-10-17)20-12-11-19(32-20)13-18(14-25)21(29)26-24-28-27-22(33-24)16-5-3-2-4-6-16/h7-13,16H,2-6H2,1H3,(H,26,28,29)/b18-13-. The zero-order valence-electron chi connectivity index (χ0n) is 18.0. The van der Waals surface area contributed by atoms with Crippen molar-refractivity contribution in [1.29, 1.82) is 5.26 Å². The number of benzene rings is 1. The number of nitriles is 1. The largest absolute Gasteiger partial charge is 0.465 e. The minimum Gasteiger partial charge on any atom is -0.465 e. The maximum Gasteiger partial charge on any atom is 0.337 e. The molecule has 1 amide bonds. The highest BCUT2D eigenvalue weighted by molar-refractivity contribution is 7.15. The van der Waals surface area contributed by atoms with E-state index in [1.165, 1.54) is 43.8 Å². The number of amides is 1. The van der Waals surface area contributed by atoms with Crippen LogP contribution in [0, 0.1) is 11.3 Å². The molecule has 2 aromatic heterocycles. The SMILES string of the molecule is COC(=O)c1ccc(-c2ccc(/C=C(/C#N)C(=O)Nc3nnc(C4CCCCC4)s3)o2)cc1. The van der Waals surface area contributed by atoms with Crippen LogP contribution in [0.25, 0.3) is 17.4 Å². The van der Waals surface area contributed by atoms with Crippen LogP contribution in [-0.2, 0) is 9.53 Å². The summed E-state index contributed by atoms with van der Waals surface area (Å²) in [6.07, 6.45) is 7.20. The Kier molecular flexibility index (Phi) is 6.95. The number of nitrogens with one attached hydrogen (secondary N) is 1. The summed E-state index contributed by atoms with van der Waals surface area (Å²) in [6.45, 7) is 0. The average molecular weight is 463 g/mol. The van der Waals surface area contributed by atoms with Crippen LogP contribution in [0.15, 0.2) is 46.4 Å². The van der Waals surface area contributed by atoms with Gasteiger partial charge in [-0.05, 0) is 37.1 Å². The minimum absolute atomic E-state index is 0.105. The molecule has 168 valence electrons. The molecule has 4 rings (SSSR count). The van der Waals surface area contributed by atoms with E-state index in [1.54, 1.807) is 36.4 Å². The first-order valence-electron chi connectivity index (χ1n) is 10.6. The highest BCUT2D eigenvalue weighted by Gasteiger charge is 2.21. The maximum absolute atomic E-state index is 12.6. The first-order chi connectivity index (χ1) is 16.1. The molecule has 1 aliphatic rings. The van der Waals surface area contributed by atoms with E-state index in [0.29, 0.717) is 28.1 Å². The summed E-state index contributed by atoms with van der Waals surface area (Å²) in [5.41, 5.74) is 1.07. The van der Waals surface area contributed by atoms with Crippen molar-refractivity contribution in [3.8, 4) is 17.4 Å². The average Bonchev–Trinajstić information content (AvgIpc) is 3.52. The molecule has 0 unspecified atom stereocenters. The van der Waals surface area contributed by atoms with Crippen LogP contribution in [0.2, 0.25) is 0 Å². The molecule has 0 spiro atoms. The van der Waals surface area contributed by atoms with E-state index >= 15 is 0 Å². The molecule has 0 bridgehead atoms. The number of esters is 1. The van der Waals surface area contributed by atoms with E-state index in [1.807, 2.05) is 6.07 Å². The van der Waals surface area contributed by atoms with Crippen molar-refractivity contribution in [2.24, 2.45) is 0 Å². The van der Waals surface area contributed by atoms with Crippen molar-refractivity contribution in [2.45, 2.75) is 38.0 Å². The van der Waals surface area contributed by atoms with Gasteiger partial charge in [-0.1, -0.05) is 42.7 Å². The number of anilines is 1. The molecule has 8 nitrogen and oxygen atoms in total. The third-order valence-corrected chi connectivity index (χ3v) is 6.49. The van der Waals surface area contributed by atoms with Gasteiger partial charge in [-0.25, -0.2) is 4.79 Å². The number of carbonyl (C=O) groups is 2. The molecule has 1 saturated carbocycles. The van der Waals surface area contributed by atoms with Crippen LogP contribution in [0.1, 0.15) is 59.1 Å². The lowest BCUT2D eigenvalue weighted by molar-refractivity contribution is -0.112. The Morgan fingerprint density at radius 1 is 1.15 bits per heavy atom. The molecule has 1 aliphatic carbocycles. The lowest BCUT2D eigenvalue weighted by Gasteiger charge is -2.18. The van der Waals surface area contributed by atoms with Gasteiger partial charge in [-0.3, -0.25) is 10.1 Å². The van der Waals surface area contributed by atoms with E-state index < -0.39 is 11.9 Å². The molecule has 0 radical (unpaired) electrons. The van der Waals surface area contributed by atoms with E-state index in [9.17, 15) is 14.9 Å². The molecular formula is C24H22N4O4S. The van der Waals surface area contributed by atoms with Gasteiger partial charge < -0.3 is 9.15 Å². The molecule has 1 aromatic carbocycles. The van der Waals surface area contributed by atoms with Crippen LogP contribution < -0.4 is 5.32 Å². The lowest BCUT2D eigenvalue weighted by Crippen LogP contribution is -2.13. The monoisotopic (exact) mass is 462 g/mol. The van der Waals surface area contributed by atoms with Gasteiger partial charge in [0, 0.05) is 17.6 Å². The van der Waals surface area contributed by atoms with Gasteiger partial charge in [0.2, 0.25) is 5.13 Å². The van der Waals surface area contributed by atoms with E-state index in [2.05, 4.69) is 15.5 Å². The molecule has 33 heavy (non-hydrogen) atoms. The first-order valence-corrected chi connectivity index (χ1v) is 11.4. The summed E-state index contributed by atoms with van der Waals surface area (Å²) in [4.78, 5) is 24.2. The fourth-order valence-corrected chi connectivity index (χ4v) is 4.64. The molecule has 3 aromatic rings. The van der Waals surface area contributed by atoms with Crippen molar-refractivity contribution in [2.75, 3.05) is 12.4 Å². The minimum atomic E-state index is -0.566. The van der Waals surface area contributed by atoms with Crippen LogP contribution in [0.3, 0.4) is 0 Å². The third-order valence-electron chi connectivity index (χ3n) is 5.48. The molecule has 1 fully saturated rings. The van der Waals surface area contributed by atoms with Crippen LogP contribution in [0.5, 0.6) is 0 Å². The molecule has 0 atom stereocenters. The van der Waals surface area contributed by atoms with E-state index in [0.717, 1.165) is 23.4 Å². The summed E-state index contributed by atoms with van der Waals surface area (Å²) in [5, 5.41) is 21.7. The predicted molar refractivity (Wildman–Crippen MR) is 123 cm³/mol. The fourth-order valence-electron chi connectivity index (χ4n) is 3.73. The molecule has 9 heteroatoms. The zero-order valence-corrected chi connectivity index (χ0v) is 18.9. The topological polar surface area (TPSA) is 118 Å². The Morgan fingerprint density at radius 3 is 2.61 bits per heavy atom. The number of methoxy groups -OCH3 is 1. The number of furan rings is 1. The molecule has 0 aliphatic heterocycles. The summed E-state index contributed by atoms with van der Waals surface area (Å²) in [6, 6.07) is 12.0. The Balaban J connectivity index is 1.44. The van der Waals surface area contributed by atoms with E-state index in [-0.39, 0.29) is 5.57 Å². The Hall–Kier alpha value is -3.77. The first kappa shape index (κ1) is 22.4. The van der Waals surface area contributed by atoms with Gasteiger partial charge in [-0.15, -0.1) is 10.2 Å². The van der Waals surface area contributed by atoms with E-state index in [4.69, 9.17) is 9.15 Å². The number of carbonyl (C=O) groups excluding carboxylic acids is 2. The molecular weight excluding hydrogens is 440 g/mol. The number of hydrogen-bond donors (Lipinski definition) is 1. The zero-order chi connectivity index (χ0) is 23.2. The summed E-state index contributed by atoms with van der Waals surface area (Å²) < 4.78 is 10.5. The second kappa shape index (κ2) is 10.2. The lowest BCUT2D eigenvalue weighted by atomic mass is 9.90.